The second-order valence-corrected chi connectivity index (χ2v) is 7.04. The predicted octanol–water partition coefficient (Wildman–Crippen LogP) is 2.67. The fraction of sp³-hybridized carbons (Fsp3) is 0.800. The molecule has 1 aromatic heterocycles. The van der Waals surface area contributed by atoms with Gasteiger partial charge in [-0.05, 0) is 61.7 Å². The summed E-state index contributed by atoms with van der Waals surface area (Å²) < 4.78 is 0. The van der Waals surface area contributed by atoms with E-state index in [-0.39, 0.29) is 0 Å². The van der Waals surface area contributed by atoms with Crippen LogP contribution in [0.25, 0.3) is 0 Å². The summed E-state index contributed by atoms with van der Waals surface area (Å²) in [5, 5.41) is 0. The topological polar surface area (TPSA) is 54.7 Å². The Hall–Kier alpha value is -0.830. The van der Waals surface area contributed by atoms with Crippen molar-refractivity contribution in [1.29, 1.82) is 0 Å². The Bertz CT molecular complexity index is 388. The molecule has 1 aromatic rings. The second-order valence-electron chi connectivity index (χ2n) is 7.04. The van der Waals surface area contributed by atoms with E-state index in [9.17, 15) is 0 Å². The Balaban J connectivity index is 1.70. The van der Waals surface area contributed by atoms with Crippen molar-refractivity contribution in [1.82, 2.24) is 9.97 Å². The number of aromatic nitrogens is 2. The van der Waals surface area contributed by atoms with E-state index >= 15 is 0 Å². The van der Waals surface area contributed by atoms with E-state index in [2.05, 4.69) is 9.97 Å². The van der Waals surface area contributed by atoms with Crippen molar-refractivity contribution in [2.75, 3.05) is 6.54 Å². The van der Waals surface area contributed by atoms with Crippen LogP contribution in [0.15, 0.2) is 12.4 Å². The molecular formula is C15H23N3. The summed E-state index contributed by atoms with van der Waals surface area (Å²) in [6.45, 7) is 0.750. The second kappa shape index (κ2) is 3.83. The molecule has 4 aliphatic carbocycles. The average molecular weight is 245 g/mol. The molecule has 98 valence electrons. The summed E-state index contributed by atoms with van der Waals surface area (Å²) in [6.07, 6.45) is 12.5. The molecular weight excluding hydrogens is 222 g/mol. The zero-order valence-corrected chi connectivity index (χ0v) is 10.9. The van der Waals surface area contributed by atoms with E-state index in [4.69, 9.17) is 5.73 Å². The van der Waals surface area contributed by atoms with Gasteiger partial charge in [0.05, 0.1) is 0 Å². The van der Waals surface area contributed by atoms with Crippen LogP contribution in [0.5, 0.6) is 0 Å². The maximum absolute atomic E-state index is 6.13. The fourth-order valence-electron chi connectivity index (χ4n) is 5.72. The molecule has 3 N–H and O–H groups in total. The smallest absolute Gasteiger partial charge is 0.110 e. The van der Waals surface area contributed by atoms with Crippen molar-refractivity contribution in [3.05, 3.63) is 18.2 Å². The molecule has 0 amide bonds. The summed E-state index contributed by atoms with van der Waals surface area (Å²) >= 11 is 0. The quantitative estimate of drug-likeness (QED) is 0.860. The number of hydrogen-bond donors (Lipinski definition) is 2. The number of nitrogens with two attached hydrogens (primary N) is 1. The lowest BCUT2D eigenvalue weighted by Crippen LogP contribution is -2.50. The third-order valence-electron chi connectivity index (χ3n) is 5.91. The van der Waals surface area contributed by atoms with Crippen molar-refractivity contribution in [2.24, 2.45) is 28.9 Å². The maximum Gasteiger partial charge on any atom is 0.110 e. The van der Waals surface area contributed by atoms with Crippen LogP contribution in [0.3, 0.4) is 0 Å². The Morgan fingerprint density at radius 2 is 1.83 bits per heavy atom. The van der Waals surface area contributed by atoms with Gasteiger partial charge in [-0.3, -0.25) is 0 Å². The molecule has 1 heterocycles. The van der Waals surface area contributed by atoms with Crippen LogP contribution in [0.4, 0.5) is 0 Å². The van der Waals surface area contributed by atoms with E-state index in [0.717, 1.165) is 30.1 Å². The van der Waals surface area contributed by atoms with Crippen molar-refractivity contribution < 1.29 is 0 Å². The Labute approximate surface area is 109 Å². The zero-order valence-electron chi connectivity index (χ0n) is 10.9. The first-order valence-electron chi connectivity index (χ1n) is 7.48. The first kappa shape index (κ1) is 11.0. The van der Waals surface area contributed by atoms with Gasteiger partial charge in [0, 0.05) is 24.9 Å². The van der Waals surface area contributed by atoms with Gasteiger partial charge in [0.25, 0.3) is 0 Å². The lowest BCUT2D eigenvalue weighted by molar-refractivity contribution is -0.0683. The molecule has 4 fully saturated rings. The minimum absolute atomic E-state index is 0.459. The van der Waals surface area contributed by atoms with Crippen LogP contribution in [0.2, 0.25) is 0 Å². The Kier molecular flexibility index (Phi) is 2.35. The van der Waals surface area contributed by atoms with E-state index in [1.165, 1.54) is 38.5 Å². The molecule has 0 spiro atoms. The van der Waals surface area contributed by atoms with Gasteiger partial charge < -0.3 is 10.7 Å². The summed E-state index contributed by atoms with van der Waals surface area (Å²) in [6, 6.07) is 0. The number of H-pyrrole nitrogens is 1. The lowest BCUT2D eigenvalue weighted by Gasteiger charge is -2.59. The largest absolute Gasteiger partial charge is 0.348 e. The highest BCUT2D eigenvalue weighted by molar-refractivity contribution is 5.13. The molecule has 0 aliphatic heterocycles. The van der Waals surface area contributed by atoms with E-state index in [1.807, 2.05) is 12.4 Å². The third kappa shape index (κ3) is 1.49. The van der Waals surface area contributed by atoms with Crippen LogP contribution in [0.1, 0.15) is 50.3 Å². The van der Waals surface area contributed by atoms with Crippen molar-refractivity contribution in [3.63, 3.8) is 0 Å². The molecule has 4 saturated carbocycles. The molecule has 0 aromatic carbocycles. The van der Waals surface area contributed by atoms with E-state index in [1.54, 1.807) is 0 Å². The number of hydrogen-bond acceptors (Lipinski definition) is 2. The minimum atomic E-state index is 0.459. The van der Waals surface area contributed by atoms with Crippen molar-refractivity contribution in [3.8, 4) is 0 Å². The van der Waals surface area contributed by atoms with Crippen LogP contribution >= 0.6 is 0 Å². The minimum Gasteiger partial charge on any atom is -0.348 e. The summed E-state index contributed by atoms with van der Waals surface area (Å²) in [4.78, 5) is 7.83. The van der Waals surface area contributed by atoms with Crippen LogP contribution < -0.4 is 5.73 Å². The van der Waals surface area contributed by atoms with E-state index < -0.39 is 0 Å². The van der Waals surface area contributed by atoms with Gasteiger partial charge in [-0.1, -0.05) is 0 Å². The molecule has 1 unspecified atom stereocenters. The molecule has 0 saturated heterocycles. The van der Waals surface area contributed by atoms with Crippen molar-refractivity contribution in [2.45, 2.75) is 44.4 Å². The molecule has 5 rings (SSSR count). The van der Waals surface area contributed by atoms with Gasteiger partial charge in [0.2, 0.25) is 0 Å². The number of aromatic amines is 1. The predicted molar refractivity (Wildman–Crippen MR) is 71.0 cm³/mol. The van der Waals surface area contributed by atoms with Gasteiger partial charge in [-0.25, -0.2) is 4.98 Å². The normalized spacial score (nSPS) is 43.3. The molecule has 0 radical (unpaired) electrons. The fourth-order valence-corrected chi connectivity index (χ4v) is 5.72. The lowest BCUT2D eigenvalue weighted by atomic mass is 9.46. The number of rotatable bonds is 3. The van der Waals surface area contributed by atoms with E-state index in [0.29, 0.717) is 11.3 Å². The van der Waals surface area contributed by atoms with Gasteiger partial charge in [-0.15, -0.1) is 0 Å². The first-order chi connectivity index (χ1) is 8.79. The summed E-state index contributed by atoms with van der Waals surface area (Å²) in [7, 11) is 0. The number of imidazole rings is 1. The summed E-state index contributed by atoms with van der Waals surface area (Å²) in [5.74, 6) is 4.56. The van der Waals surface area contributed by atoms with Crippen LogP contribution in [-0.4, -0.2) is 16.5 Å². The average Bonchev–Trinajstić information content (AvgIpc) is 2.81. The van der Waals surface area contributed by atoms with Gasteiger partial charge in [-0.2, -0.15) is 0 Å². The van der Waals surface area contributed by atoms with Crippen LogP contribution in [-0.2, 0) is 0 Å². The summed E-state index contributed by atoms with van der Waals surface area (Å²) in [5.41, 5.74) is 6.60. The van der Waals surface area contributed by atoms with Gasteiger partial charge in [0.15, 0.2) is 0 Å². The zero-order chi connectivity index (χ0) is 12.2. The SMILES string of the molecule is NCC(c1ncc[nH]1)C12CC3CC(CC(C3)C1)C2. The standard InChI is InChI=1S/C15H23N3/c16-9-13(14-17-1-2-18-14)15-6-10-3-11(7-15)5-12(4-10)8-15/h1-2,10-13H,3-9,16H2,(H,17,18). The van der Waals surface area contributed by atoms with Crippen molar-refractivity contribution >= 4 is 0 Å². The van der Waals surface area contributed by atoms with Gasteiger partial charge >= 0.3 is 0 Å². The molecule has 4 bridgehead atoms. The van der Waals surface area contributed by atoms with Crippen LogP contribution in [0, 0.1) is 23.2 Å². The third-order valence-corrected chi connectivity index (χ3v) is 5.91. The molecule has 1 atom stereocenters. The molecule has 3 heteroatoms. The highest BCUT2D eigenvalue weighted by Gasteiger charge is 2.54. The first-order valence-corrected chi connectivity index (χ1v) is 7.48. The Morgan fingerprint density at radius 3 is 2.28 bits per heavy atom. The molecule has 4 aliphatic rings. The maximum atomic E-state index is 6.13. The molecule has 18 heavy (non-hydrogen) atoms. The monoisotopic (exact) mass is 245 g/mol. The Morgan fingerprint density at radius 1 is 1.22 bits per heavy atom. The number of nitrogens with one attached hydrogen (secondary N) is 1. The highest BCUT2D eigenvalue weighted by Crippen LogP contribution is 2.64. The van der Waals surface area contributed by atoms with Gasteiger partial charge in [0.1, 0.15) is 5.82 Å². The molecule has 3 nitrogen and oxygen atoms in total. The number of nitrogens with zero attached hydrogens (tertiary/aromatic N) is 1. The highest BCUT2D eigenvalue weighted by atomic mass is 14.9.